The van der Waals surface area contributed by atoms with Crippen LogP contribution in [0.5, 0.6) is 11.5 Å². The maximum Gasteiger partial charge on any atom is 0.245 e. The molecule has 1 aromatic heterocycles. The highest BCUT2D eigenvalue weighted by atomic mass is 32.2. The van der Waals surface area contributed by atoms with Gasteiger partial charge in [0.05, 0.1) is 41.1 Å². The third kappa shape index (κ3) is 9.13. The Hall–Kier alpha value is -5.49. The molecule has 3 fully saturated rings. The van der Waals surface area contributed by atoms with E-state index in [-0.39, 0.29) is 43.4 Å². The van der Waals surface area contributed by atoms with Crippen LogP contribution in [-0.4, -0.2) is 72.5 Å². The lowest BCUT2D eigenvalue weighted by Gasteiger charge is -2.30. The average Bonchev–Trinajstić information content (AvgIpc) is 4.13. The van der Waals surface area contributed by atoms with Crippen LogP contribution < -0.4 is 19.5 Å². The fourth-order valence-electron chi connectivity index (χ4n) is 8.38. The largest absolute Gasteiger partial charge is 0.497 e. The normalized spacial score (nSPS) is 22.1. The van der Waals surface area contributed by atoms with Crippen molar-refractivity contribution in [2.45, 2.75) is 101 Å². The van der Waals surface area contributed by atoms with Crippen molar-refractivity contribution in [3.05, 3.63) is 110 Å². The van der Waals surface area contributed by atoms with E-state index in [1.54, 1.807) is 25.0 Å². The number of nitrogens with one attached hydrogen (secondary N) is 2. The Balaban J connectivity index is 1.21. The number of aromatic nitrogens is 1. The van der Waals surface area contributed by atoms with Gasteiger partial charge in [0.1, 0.15) is 23.6 Å². The van der Waals surface area contributed by atoms with E-state index in [0.29, 0.717) is 42.0 Å². The number of rotatable bonds is 20. The maximum absolute atomic E-state index is 15.0. The molecule has 0 spiro atoms. The van der Waals surface area contributed by atoms with E-state index < -0.39 is 44.3 Å². The Labute approximate surface area is 353 Å². The van der Waals surface area contributed by atoms with Crippen LogP contribution in [-0.2, 0) is 24.4 Å². The van der Waals surface area contributed by atoms with E-state index in [0.717, 1.165) is 47.9 Å². The number of fused-ring (bicyclic) bond motifs is 1. The van der Waals surface area contributed by atoms with Gasteiger partial charge in [-0.15, -0.1) is 13.2 Å². The van der Waals surface area contributed by atoms with Crippen molar-refractivity contribution < 1.29 is 32.3 Å². The lowest BCUT2D eigenvalue weighted by atomic mass is 9.91. The van der Waals surface area contributed by atoms with Gasteiger partial charge < -0.3 is 19.7 Å². The van der Waals surface area contributed by atoms with E-state index in [1.165, 1.54) is 0 Å². The third-order valence-electron chi connectivity index (χ3n) is 12.5. The number of aryl methyl sites for hydroxylation is 1. The van der Waals surface area contributed by atoms with Gasteiger partial charge in [-0.25, -0.2) is 13.4 Å². The van der Waals surface area contributed by atoms with Gasteiger partial charge in [0.2, 0.25) is 21.8 Å². The standard InChI is InChI=1S/C48H56N4O7S/c1-6-8-9-10-14-20-39(49-35-19-15-16-32(3)25-35)45(54)52-31-37(59-44-28-40(33-17-12-11-13-18-33)50-41-26-36(58-5)21-22-38(41)44)27-42(52)43(53)30-48(29-34(48)7-2)46(55)51-60(56,57)47(4)23-24-47/h6-7,11-13,15-19,21-22,25-26,28,34,37,39,42,49H,1-2,8-10,14,20,23-24,27,29-31H2,3-5H3,(H,51,55)/t34-,37-,39+,42+,48-/m1/s1. The zero-order valence-corrected chi connectivity index (χ0v) is 35.6. The van der Waals surface area contributed by atoms with Gasteiger partial charge in [0.15, 0.2) is 5.78 Å². The molecule has 7 rings (SSSR count). The molecule has 11 nitrogen and oxygen atoms in total. The number of hydrogen-bond acceptors (Lipinski definition) is 9. The van der Waals surface area contributed by atoms with E-state index in [2.05, 4.69) is 23.2 Å². The molecule has 316 valence electrons. The van der Waals surface area contributed by atoms with E-state index in [4.69, 9.17) is 14.5 Å². The van der Waals surface area contributed by atoms with Crippen LogP contribution in [0.4, 0.5) is 5.69 Å². The second-order valence-electron chi connectivity index (χ2n) is 17.0. The number of carbonyl (C=O) groups excluding carboxylic acids is 3. The van der Waals surface area contributed by atoms with Crippen molar-refractivity contribution in [1.82, 2.24) is 14.6 Å². The van der Waals surface area contributed by atoms with Gasteiger partial charge in [-0.1, -0.05) is 67.5 Å². The summed E-state index contributed by atoms with van der Waals surface area (Å²) in [5.41, 5.74) is 2.81. The number of carbonyl (C=O) groups is 3. The number of ketones is 1. The number of likely N-dealkylation sites (tertiary alicyclic amines) is 1. The molecule has 0 unspecified atom stereocenters. The molecule has 2 amide bonds. The number of nitrogens with zero attached hydrogens (tertiary/aromatic N) is 2. The summed E-state index contributed by atoms with van der Waals surface area (Å²) in [4.78, 5) is 50.2. The van der Waals surface area contributed by atoms with Crippen molar-refractivity contribution in [2.75, 3.05) is 19.0 Å². The molecule has 2 heterocycles. The number of unbranched alkanes of at least 4 members (excludes halogenated alkanes) is 3. The number of ether oxygens (including phenoxy) is 2. The number of amides is 2. The predicted molar refractivity (Wildman–Crippen MR) is 235 cm³/mol. The minimum absolute atomic E-state index is 0.120. The Morgan fingerprint density at radius 1 is 1.00 bits per heavy atom. The highest BCUT2D eigenvalue weighted by molar-refractivity contribution is 7.91. The number of anilines is 1. The first-order chi connectivity index (χ1) is 28.8. The molecule has 0 bridgehead atoms. The maximum atomic E-state index is 15.0. The van der Waals surface area contributed by atoms with Crippen LogP contribution in [0.1, 0.15) is 76.7 Å². The zero-order valence-electron chi connectivity index (χ0n) is 34.8. The lowest BCUT2D eigenvalue weighted by molar-refractivity contribution is -0.139. The Morgan fingerprint density at radius 2 is 1.78 bits per heavy atom. The molecular weight excluding hydrogens is 777 g/mol. The summed E-state index contributed by atoms with van der Waals surface area (Å²) in [5, 5.41) is 4.23. The molecule has 4 aromatic rings. The summed E-state index contributed by atoms with van der Waals surface area (Å²) in [5.74, 6) is -0.447. The molecule has 1 aliphatic heterocycles. The van der Waals surface area contributed by atoms with Gasteiger partial charge in [-0.2, -0.15) is 0 Å². The molecule has 2 aliphatic carbocycles. The second-order valence-corrected chi connectivity index (χ2v) is 19.2. The molecule has 3 aromatic carbocycles. The smallest absolute Gasteiger partial charge is 0.245 e. The fraction of sp³-hybridized carbons (Fsp3) is 0.417. The van der Waals surface area contributed by atoms with Crippen LogP contribution in [0, 0.1) is 18.3 Å². The Morgan fingerprint density at radius 3 is 2.47 bits per heavy atom. The highest BCUT2D eigenvalue weighted by Gasteiger charge is 2.62. The first-order valence-corrected chi connectivity index (χ1v) is 22.5. The number of Topliss-reactive ketones (excluding diaryl/α,β-unsaturated/α-hetero) is 1. The highest BCUT2D eigenvalue weighted by Crippen LogP contribution is 2.57. The van der Waals surface area contributed by atoms with Gasteiger partial charge in [0, 0.05) is 41.6 Å². The van der Waals surface area contributed by atoms with Crippen molar-refractivity contribution in [3.63, 3.8) is 0 Å². The quantitative estimate of drug-likeness (QED) is 0.0664. The van der Waals surface area contributed by atoms with Crippen LogP contribution in [0.25, 0.3) is 22.2 Å². The van der Waals surface area contributed by atoms with Crippen LogP contribution in [0.3, 0.4) is 0 Å². The minimum atomic E-state index is -3.94. The predicted octanol–water partition coefficient (Wildman–Crippen LogP) is 8.33. The molecule has 0 radical (unpaired) electrons. The van der Waals surface area contributed by atoms with Crippen molar-refractivity contribution >= 4 is 44.2 Å². The second kappa shape index (κ2) is 17.6. The van der Waals surface area contributed by atoms with Gasteiger partial charge in [-0.3, -0.25) is 19.1 Å². The molecule has 5 atom stereocenters. The molecule has 2 saturated carbocycles. The summed E-state index contributed by atoms with van der Waals surface area (Å²) in [6, 6.07) is 23.5. The number of methoxy groups -OCH3 is 1. The number of pyridine rings is 1. The SMILES string of the molecule is C=CCCCCC[C@H](Nc1cccc(C)c1)C(=O)N1C[C@H](Oc2cc(-c3ccccc3)nc3cc(OC)ccc23)C[C@H]1C(=O)C[C@]1(C(=O)NS(=O)(=O)C2(C)CC2)C[C@H]1C=C. The summed E-state index contributed by atoms with van der Waals surface area (Å²) in [6.07, 6.45) is 8.13. The van der Waals surface area contributed by atoms with E-state index in [1.807, 2.05) is 91.9 Å². The minimum Gasteiger partial charge on any atom is -0.497 e. The van der Waals surface area contributed by atoms with Gasteiger partial charge in [-0.05, 0) is 88.1 Å². The van der Waals surface area contributed by atoms with Gasteiger partial charge in [0.25, 0.3) is 0 Å². The summed E-state index contributed by atoms with van der Waals surface area (Å²) in [7, 11) is -2.35. The number of benzene rings is 3. The lowest BCUT2D eigenvalue weighted by Crippen LogP contribution is -2.49. The molecule has 1 saturated heterocycles. The first-order valence-electron chi connectivity index (χ1n) is 21.0. The monoisotopic (exact) mass is 832 g/mol. The molecular formula is C48H56N4O7S. The molecule has 3 aliphatic rings. The van der Waals surface area contributed by atoms with Crippen LogP contribution in [0.15, 0.2) is 104 Å². The number of sulfonamides is 1. The summed E-state index contributed by atoms with van der Waals surface area (Å²) < 4.78 is 40.1. The van der Waals surface area contributed by atoms with Crippen molar-refractivity contribution in [1.29, 1.82) is 0 Å². The fourth-order valence-corrected chi connectivity index (χ4v) is 9.72. The van der Waals surface area contributed by atoms with E-state index >= 15 is 0 Å². The van der Waals surface area contributed by atoms with E-state index in [9.17, 15) is 22.8 Å². The molecule has 60 heavy (non-hydrogen) atoms. The van der Waals surface area contributed by atoms with Gasteiger partial charge >= 0.3 is 0 Å². The molecule has 12 heteroatoms. The average molecular weight is 833 g/mol. The zero-order chi connectivity index (χ0) is 42.7. The van der Waals surface area contributed by atoms with Crippen molar-refractivity contribution in [2.24, 2.45) is 11.3 Å². The summed E-state index contributed by atoms with van der Waals surface area (Å²) in [6.45, 7) is 11.5. The first kappa shape index (κ1) is 42.6. The van der Waals surface area contributed by atoms with Crippen molar-refractivity contribution in [3.8, 4) is 22.8 Å². The van der Waals surface area contributed by atoms with Crippen LogP contribution >= 0.6 is 0 Å². The Kier molecular flexibility index (Phi) is 12.5. The van der Waals surface area contributed by atoms with Crippen LogP contribution in [0.2, 0.25) is 0 Å². The number of hydrogen-bond donors (Lipinski definition) is 2. The molecule has 2 N–H and O–H groups in total. The topological polar surface area (TPSA) is 144 Å². The third-order valence-corrected chi connectivity index (χ3v) is 14.7. The summed E-state index contributed by atoms with van der Waals surface area (Å²) >= 11 is 0. The Bertz CT molecular complexity index is 2380. The number of allylic oxidation sites excluding steroid dienone is 2.